The number of nitrogens with one attached hydrogen (secondary N) is 1. The highest BCUT2D eigenvalue weighted by Crippen LogP contribution is 2.39. The smallest absolute Gasteiger partial charge is 0.326 e. The van der Waals surface area contributed by atoms with Gasteiger partial charge < -0.3 is 10.4 Å². The molecule has 0 aromatic heterocycles. The lowest BCUT2D eigenvalue weighted by Crippen LogP contribution is -2.52. The second-order valence-electron chi connectivity index (χ2n) is 7.84. The first-order valence-electron chi connectivity index (χ1n) is 10.2. The largest absolute Gasteiger partial charge is 0.480 e. The van der Waals surface area contributed by atoms with Gasteiger partial charge in [-0.15, -0.1) is 0 Å². The summed E-state index contributed by atoms with van der Waals surface area (Å²) < 4.78 is 0. The van der Waals surface area contributed by atoms with Gasteiger partial charge in [0.2, 0.25) is 5.91 Å². The van der Waals surface area contributed by atoms with Gasteiger partial charge in [-0.2, -0.15) is 0 Å². The molecular formula is C26H27NO3. The molecule has 0 fully saturated rings. The lowest BCUT2D eigenvalue weighted by molar-refractivity contribution is -0.142. The number of carboxylic acids is 1. The zero-order valence-corrected chi connectivity index (χ0v) is 17.3. The predicted octanol–water partition coefficient (Wildman–Crippen LogP) is 4.64. The summed E-state index contributed by atoms with van der Waals surface area (Å²) in [6.45, 7) is 3.89. The molecule has 1 amide bonds. The van der Waals surface area contributed by atoms with Crippen LogP contribution in [-0.2, 0) is 15.0 Å². The summed E-state index contributed by atoms with van der Waals surface area (Å²) in [7, 11) is 0. The van der Waals surface area contributed by atoms with Crippen LogP contribution in [0.4, 0.5) is 0 Å². The Balaban J connectivity index is 2.23. The Morgan fingerprint density at radius 1 is 0.767 bits per heavy atom. The van der Waals surface area contributed by atoms with Crippen LogP contribution < -0.4 is 5.32 Å². The molecule has 30 heavy (non-hydrogen) atoms. The van der Waals surface area contributed by atoms with Gasteiger partial charge in [0, 0.05) is 0 Å². The van der Waals surface area contributed by atoms with Crippen molar-refractivity contribution in [2.75, 3.05) is 0 Å². The average molecular weight is 402 g/mol. The molecule has 0 radical (unpaired) electrons. The van der Waals surface area contributed by atoms with E-state index >= 15 is 0 Å². The summed E-state index contributed by atoms with van der Waals surface area (Å²) in [6.07, 6.45) is 0.357. The monoisotopic (exact) mass is 401 g/mol. The van der Waals surface area contributed by atoms with E-state index in [1.54, 1.807) is 0 Å². The Hall–Kier alpha value is -3.40. The molecule has 1 atom stereocenters. The Morgan fingerprint density at radius 2 is 1.13 bits per heavy atom. The van der Waals surface area contributed by atoms with Gasteiger partial charge in [0.25, 0.3) is 0 Å². The Bertz CT molecular complexity index is 872. The minimum Gasteiger partial charge on any atom is -0.480 e. The summed E-state index contributed by atoms with van der Waals surface area (Å²) >= 11 is 0. The molecule has 154 valence electrons. The highest BCUT2D eigenvalue weighted by molar-refractivity contribution is 5.98. The highest BCUT2D eigenvalue weighted by Gasteiger charge is 2.44. The van der Waals surface area contributed by atoms with Crippen LogP contribution in [0.2, 0.25) is 0 Å². The number of benzene rings is 3. The second kappa shape index (κ2) is 9.40. The van der Waals surface area contributed by atoms with Crippen molar-refractivity contribution in [2.24, 2.45) is 5.92 Å². The van der Waals surface area contributed by atoms with E-state index in [4.69, 9.17) is 0 Å². The minimum atomic E-state index is -1.17. The van der Waals surface area contributed by atoms with E-state index in [-0.39, 0.29) is 11.8 Å². The second-order valence-corrected chi connectivity index (χ2v) is 7.84. The molecule has 2 N–H and O–H groups in total. The topological polar surface area (TPSA) is 66.4 Å². The molecule has 3 rings (SSSR count). The van der Waals surface area contributed by atoms with E-state index < -0.39 is 17.4 Å². The Labute approximate surface area is 177 Å². The van der Waals surface area contributed by atoms with Crippen LogP contribution in [0, 0.1) is 5.92 Å². The maximum atomic E-state index is 14.0. The normalized spacial score (nSPS) is 12.4. The maximum absolute atomic E-state index is 14.0. The lowest BCUT2D eigenvalue weighted by Gasteiger charge is -2.35. The SMILES string of the molecule is CC(C)C[C@@H](NC(=O)C(c1ccccc1)(c1ccccc1)c1ccccc1)C(=O)O. The van der Waals surface area contributed by atoms with Crippen molar-refractivity contribution in [3.8, 4) is 0 Å². The summed E-state index contributed by atoms with van der Waals surface area (Å²) in [5.74, 6) is -1.25. The van der Waals surface area contributed by atoms with Gasteiger partial charge in [-0.25, -0.2) is 4.79 Å². The third-order valence-electron chi connectivity index (χ3n) is 5.27. The number of rotatable bonds is 8. The van der Waals surface area contributed by atoms with Crippen molar-refractivity contribution in [2.45, 2.75) is 31.7 Å². The molecule has 0 aliphatic heterocycles. The quantitative estimate of drug-likeness (QED) is 0.541. The number of aliphatic carboxylic acids is 1. The van der Waals surface area contributed by atoms with Crippen molar-refractivity contribution in [3.05, 3.63) is 108 Å². The molecule has 0 unspecified atom stereocenters. The number of carbonyl (C=O) groups is 2. The summed E-state index contributed by atoms with van der Waals surface area (Å²) in [6, 6.07) is 27.6. The highest BCUT2D eigenvalue weighted by atomic mass is 16.4. The van der Waals surface area contributed by atoms with Crippen molar-refractivity contribution >= 4 is 11.9 Å². The number of hydrogen-bond acceptors (Lipinski definition) is 2. The molecule has 4 heteroatoms. The molecule has 0 aliphatic rings. The van der Waals surface area contributed by atoms with Gasteiger partial charge in [-0.3, -0.25) is 4.79 Å². The van der Waals surface area contributed by atoms with Crippen molar-refractivity contribution in [1.29, 1.82) is 0 Å². The number of carbonyl (C=O) groups excluding carboxylic acids is 1. The molecule has 0 bridgehead atoms. The Kier molecular flexibility index (Phi) is 6.68. The number of carboxylic acid groups (broad SMARTS) is 1. The van der Waals surface area contributed by atoms with Gasteiger partial charge in [-0.05, 0) is 29.0 Å². The predicted molar refractivity (Wildman–Crippen MR) is 118 cm³/mol. The molecule has 3 aromatic carbocycles. The van der Waals surface area contributed by atoms with Gasteiger partial charge in [0.15, 0.2) is 0 Å². The van der Waals surface area contributed by atoms with Crippen molar-refractivity contribution in [3.63, 3.8) is 0 Å². The fourth-order valence-electron chi connectivity index (χ4n) is 3.92. The first kappa shape index (κ1) is 21.3. The number of amides is 1. The van der Waals surface area contributed by atoms with Crippen LogP contribution in [0.1, 0.15) is 37.0 Å². The summed E-state index contributed by atoms with van der Waals surface area (Å²) in [4.78, 5) is 25.9. The lowest BCUT2D eigenvalue weighted by atomic mass is 9.68. The zero-order valence-electron chi connectivity index (χ0n) is 17.3. The third kappa shape index (κ3) is 4.28. The van der Waals surface area contributed by atoms with E-state index in [2.05, 4.69) is 5.32 Å². The van der Waals surface area contributed by atoms with Gasteiger partial charge in [0.1, 0.15) is 11.5 Å². The van der Waals surface area contributed by atoms with Gasteiger partial charge in [-0.1, -0.05) is 105 Å². The van der Waals surface area contributed by atoms with Crippen molar-refractivity contribution < 1.29 is 14.7 Å². The van der Waals surface area contributed by atoms with Crippen LogP contribution in [0.5, 0.6) is 0 Å². The van der Waals surface area contributed by atoms with Gasteiger partial charge >= 0.3 is 5.97 Å². The van der Waals surface area contributed by atoms with Crippen molar-refractivity contribution in [1.82, 2.24) is 5.32 Å². The fraction of sp³-hybridized carbons (Fsp3) is 0.231. The average Bonchev–Trinajstić information content (AvgIpc) is 2.76. The zero-order chi connectivity index (χ0) is 21.6. The minimum absolute atomic E-state index is 0.131. The molecule has 0 spiro atoms. The molecular weight excluding hydrogens is 374 g/mol. The standard InChI is InChI=1S/C26H27NO3/c1-19(2)18-23(24(28)29)27-25(30)26(20-12-6-3-7-13-20,21-14-8-4-9-15-21)22-16-10-5-11-17-22/h3-17,19,23H,18H2,1-2H3,(H,27,30)(H,28,29)/t23-/m1/s1. The fourth-order valence-corrected chi connectivity index (χ4v) is 3.92. The molecule has 3 aromatic rings. The van der Waals surface area contributed by atoms with E-state index in [0.717, 1.165) is 16.7 Å². The molecule has 0 saturated carbocycles. The van der Waals surface area contributed by atoms with Crippen LogP contribution in [0.15, 0.2) is 91.0 Å². The summed E-state index contributed by atoms with van der Waals surface area (Å²) in [5.41, 5.74) is 1.19. The molecule has 0 aliphatic carbocycles. The van der Waals surface area contributed by atoms with Crippen LogP contribution in [-0.4, -0.2) is 23.0 Å². The van der Waals surface area contributed by atoms with Crippen LogP contribution in [0.3, 0.4) is 0 Å². The molecule has 4 nitrogen and oxygen atoms in total. The molecule has 0 heterocycles. The van der Waals surface area contributed by atoms with E-state index in [1.807, 2.05) is 105 Å². The third-order valence-corrected chi connectivity index (χ3v) is 5.27. The summed E-state index contributed by atoms with van der Waals surface area (Å²) in [5, 5.41) is 12.6. The van der Waals surface area contributed by atoms with Crippen LogP contribution in [0.25, 0.3) is 0 Å². The Morgan fingerprint density at radius 3 is 1.43 bits per heavy atom. The molecule has 0 saturated heterocycles. The van der Waals surface area contributed by atoms with E-state index in [0.29, 0.717) is 6.42 Å². The first-order valence-corrected chi connectivity index (χ1v) is 10.2. The van der Waals surface area contributed by atoms with E-state index in [1.165, 1.54) is 0 Å². The number of hydrogen-bond donors (Lipinski definition) is 2. The maximum Gasteiger partial charge on any atom is 0.326 e. The van der Waals surface area contributed by atoms with Gasteiger partial charge in [0.05, 0.1) is 0 Å². The van der Waals surface area contributed by atoms with Crippen LogP contribution >= 0.6 is 0 Å². The first-order chi connectivity index (χ1) is 14.5. The van der Waals surface area contributed by atoms with E-state index in [9.17, 15) is 14.7 Å².